The lowest BCUT2D eigenvalue weighted by atomic mass is 10.1. The fourth-order valence-electron chi connectivity index (χ4n) is 3.72. The van der Waals surface area contributed by atoms with Crippen molar-refractivity contribution in [3.05, 3.63) is 53.1 Å². The standard InChI is InChI=1S/C23H27N3O3S/c1-16-14-17(2)21-20(15-16)24-23(30-21)26(9-8-25-10-12-29-13-11-25)22(27)18-4-6-19(28-3)7-5-18/h4-7,14-15H,8-13H2,1-3H3. The second kappa shape index (κ2) is 9.12. The Balaban J connectivity index is 1.65. The summed E-state index contributed by atoms with van der Waals surface area (Å²) in [5.74, 6) is 0.692. The summed E-state index contributed by atoms with van der Waals surface area (Å²) in [5, 5.41) is 0.743. The number of fused-ring (bicyclic) bond motifs is 1. The van der Waals surface area contributed by atoms with E-state index in [1.165, 1.54) is 11.1 Å². The van der Waals surface area contributed by atoms with Crippen LogP contribution in [0.4, 0.5) is 5.13 Å². The predicted octanol–water partition coefficient (Wildman–Crippen LogP) is 3.90. The highest BCUT2D eigenvalue weighted by molar-refractivity contribution is 7.22. The van der Waals surface area contributed by atoms with Gasteiger partial charge in [-0.15, -0.1) is 0 Å². The molecule has 3 aromatic rings. The average molecular weight is 426 g/mol. The molecule has 0 N–H and O–H groups in total. The predicted molar refractivity (Wildman–Crippen MR) is 121 cm³/mol. The van der Waals surface area contributed by atoms with Gasteiger partial charge in [0, 0.05) is 31.7 Å². The van der Waals surface area contributed by atoms with E-state index in [0.717, 1.165) is 53.9 Å². The Morgan fingerprint density at radius 2 is 1.93 bits per heavy atom. The molecule has 1 aliphatic rings. The maximum atomic E-state index is 13.5. The SMILES string of the molecule is COc1ccc(C(=O)N(CCN2CCOCC2)c2nc3cc(C)cc(C)c3s2)cc1. The number of benzene rings is 2. The number of hydrogen-bond donors (Lipinski definition) is 0. The lowest BCUT2D eigenvalue weighted by molar-refractivity contribution is 0.0391. The fourth-order valence-corrected chi connectivity index (χ4v) is 4.76. The summed E-state index contributed by atoms with van der Waals surface area (Å²) in [7, 11) is 1.62. The summed E-state index contributed by atoms with van der Waals surface area (Å²) in [5.41, 5.74) is 3.95. The smallest absolute Gasteiger partial charge is 0.260 e. The summed E-state index contributed by atoms with van der Waals surface area (Å²) >= 11 is 1.58. The Bertz CT molecular complexity index is 1030. The van der Waals surface area contributed by atoms with Crippen molar-refractivity contribution in [1.29, 1.82) is 0 Å². The number of amides is 1. The number of thiazole rings is 1. The minimum Gasteiger partial charge on any atom is -0.497 e. The molecule has 0 aliphatic carbocycles. The number of ether oxygens (including phenoxy) is 2. The van der Waals surface area contributed by atoms with Crippen molar-refractivity contribution in [2.45, 2.75) is 13.8 Å². The molecule has 1 aliphatic heterocycles. The van der Waals surface area contributed by atoms with Gasteiger partial charge < -0.3 is 9.47 Å². The molecule has 1 saturated heterocycles. The van der Waals surface area contributed by atoms with Crippen molar-refractivity contribution in [2.24, 2.45) is 0 Å². The van der Waals surface area contributed by atoms with Gasteiger partial charge in [-0.05, 0) is 55.3 Å². The van der Waals surface area contributed by atoms with Gasteiger partial charge in [0.05, 0.1) is 30.5 Å². The van der Waals surface area contributed by atoms with Gasteiger partial charge >= 0.3 is 0 Å². The van der Waals surface area contributed by atoms with E-state index in [1.54, 1.807) is 18.4 Å². The van der Waals surface area contributed by atoms with E-state index in [9.17, 15) is 4.79 Å². The van der Waals surface area contributed by atoms with Crippen molar-refractivity contribution in [3.63, 3.8) is 0 Å². The first-order valence-corrected chi connectivity index (χ1v) is 11.0. The van der Waals surface area contributed by atoms with Gasteiger partial charge in [-0.1, -0.05) is 17.4 Å². The van der Waals surface area contributed by atoms with E-state index in [0.29, 0.717) is 12.1 Å². The summed E-state index contributed by atoms with van der Waals surface area (Å²) < 4.78 is 11.8. The molecular weight excluding hydrogens is 398 g/mol. The molecule has 2 aromatic carbocycles. The number of morpholine rings is 1. The molecular formula is C23H27N3O3S. The van der Waals surface area contributed by atoms with Gasteiger partial charge in [0.15, 0.2) is 5.13 Å². The normalized spacial score (nSPS) is 14.8. The Morgan fingerprint density at radius 3 is 2.63 bits per heavy atom. The molecule has 1 fully saturated rings. The van der Waals surface area contributed by atoms with E-state index in [2.05, 4.69) is 30.9 Å². The second-order valence-corrected chi connectivity index (χ2v) is 8.54. The zero-order valence-electron chi connectivity index (χ0n) is 17.7. The van der Waals surface area contributed by atoms with Gasteiger partial charge in [0.25, 0.3) is 5.91 Å². The lowest BCUT2D eigenvalue weighted by Crippen LogP contribution is -2.43. The van der Waals surface area contributed by atoms with Crippen molar-refractivity contribution >= 4 is 32.6 Å². The highest BCUT2D eigenvalue weighted by Crippen LogP contribution is 2.33. The largest absolute Gasteiger partial charge is 0.497 e. The van der Waals surface area contributed by atoms with Crippen LogP contribution in [0.1, 0.15) is 21.5 Å². The summed E-state index contributed by atoms with van der Waals surface area (Å²) in [6, 6.07) is 11.5. The van der Waals surface area contributed by atoms with Crippen molar-refractivity contribution < 1.29 is 14.3 Å². The Hall–Kier alpha value is -2.48. The number of rotatable bonds is 6. The highest BCUT2D eigenvalue weighted by Gasteiger charge is 2.23. The average Bonchev–Trinajstić information content (AvgIpc) is 3.18. The molecule has 0 saturated carbocycles. The lowest BCUT2D eigenvalue weighted by Gasteiger charge is -2.29. The Morgan fingerprint density at radius 1 is 1.20 bits per heavy atom. The first kappa shape index (κ1) is 20.8. The first-order valence-electron chi connectivity index (χ1n) is 10.2. The van der Waals surface area contributed by atoms with Crippen LogP contribution in [0.25, 0.3) is 10.2 Å². The van der Waals surface area contributed by atoms with E-state index in [1.807, 2.05) is 29.2 Å². The van der Waals surface area contributed by atoms with Crippen molar-refractivity contribution in [1.82, 2.24) is 9.88 Å². The number of hydrogen-bond acceptors (Lipinski definition) is 6. The van der Waals surface area contributed by atoms with Crippen LogP contribution < -0.4 is 9.64 Å². The molecule has 0 radical (unpaired) electrons. The Labute approximate surface area is 181 Å². The molecule has 158 valence electrons. The number of methoxy groups -OCH3 is 1. The minimum absolute atomic E-state index is 0.0423. The van der Waals surface area contributed by atoms with Crippen LogP contribution in [0, 0.1) is 13.8 Å². The third-order valence-electron chi connectivity index (χ3n) is 5.37. The van der Waals surface area contributed by atoms with Crippen LogP contribution >= 0.6 is 11.3 Å². The van der Waals surface area contributed by atoms with Gasteiger partial charge in [-0.25, -0.2) is 4.98 Å². The maximum absolute atomic E-state index is 13.5. The molecule has 1 aromatic heterocycles. The zero-order valence-corrected chi connectivity index (χ0v) is 18.5. The maximum Gasteiger partial charge on any atom is 0.260 e. The summed E-state index contributed by atoms with van der Waals surface area (Å²) in [6.07, 6.45) is 0. The third-order valence-corrected chi connectivity index (χ3v) is 6.59. The van der Waals surface area contributed by atoms with E-state index in [4.69, 9.17) is 14.5 Å². The monoisotopic (exact) mass is 425 g/mol. The van der Waals surface area contributed by atoms with Crippen molar-refractivity contribution in [3.8, 4) is 5.75 Å². The van der Waals surface area contributed by atoms with E-state index >= 15 is 0 Å². The first-order chi connectivity index (χ1) is 14.5. The van der Waals surface area contributed by atoms with Gasteiger partial charge in [-0.2, -0.15) is 0 Å². The highest BCUT2D eigenvalue weighted by atomic mass is 32.1. The van der Waals surface area contributed by atoms with Crippen LogP contribution in [-0.4, -0.2) is 62.3 Å². The third kappa shape index (κ3) is 4.48. The molecule has 0 spiro atoms. The molecule has 0 atom stereocenters. The summed E-state index contributed by atoms with van der Waals surface area (Å²) in [4.78, 5) is 22.4. The van der Waals surface area contributed by atoms with Crippen LogP contribution in [0.5, 0.6) is 5.75 Å². The van der Waals surface area contributed by atoms with Crippen molar-refractivity contribution in [2.75, 3.05) is 51.4 Å². The summed E-state index contributed by atoms with van der Waals surface area (Å²) in [6.45, 7) is 8.82. The molecule has 6 nitrogen and oxygen atoms in total. The van der Waals surface area contributed by atoms with Crippen LogP contribution in [0.2, 0.25) is 0 Å². The number of anilines is 1. The second-order valence-electron chi connectivity index (χ2n) is 7.57. The molecule has 7 heteroatoms. The van der Waals surface area contributed by atoms with Gasteiger partial charge in [0.1, 0.15) is 5.75 Å². The number of carbonyl (C=O) groups excluding carboxylic acids is 1. The minimum atomic E-state index is -0.0423. The van der Waals surface area contributed by atoms with Crippen LogP contribution in [0.15, 0.2) is 36.4 Å². The number of nitrogens with zero attached hydrogens (tertiary/aromatic N) is 3. The molecule has 2 heterocycles. The number of carbonyl (C=O) groups is 1. The van der Waals surface area contributed by atoms with Crippen LogP contribution in [-0.2, 0) is 4.74 Å². The van der Waals surface area contributed by atoms with Gasteiger partial charge in [-0.3, -0.25) is 14.6 Å². The molecule has 1 amide bonds. The van der Waals surface area contributed by atoms with Gasteiger partial charge in [0.2, 0.25) is 0 Å². The number of aryl methyl sites for hydroxylation is 2. The van der Waals surface area contributed by atoms with E-state index in [-0.39, 0.29) is 5.91 Å². The van der Waals surface area contributed by atoms with E-state index < -0.39 is 0 Å². The molecule has 0 unspecified atom stereocenters. The fraction of sp³-hybridized carbons (Fsp3) is 0.391. The quantitative estimate of drug-likeness (QED) is 0.600. The van der Waals surface area contributed by atoms with Crippen LogP contribution in [0.3, 0.4) is 0 Å². The Kier molecular flexibility index (Phi) is 6.32. The topological polar surface area (TPSA) is 54.9 Å². The molecule has 4 rings (SSSR count). The number of aromatic nitrogens is 1. The molecule has 0 bridgehead atoms. The zero-order chi connectivity index (χ0) is 21.1. The molecule has 30 heavy (non-hydrogen) atoms.